The first-order valence-corrected chi connectivity index (χ1v) is 6.87. The molecule has 2 atom stereocenters. The van der Waals surface area contributed by atoms with E-state index < -0.39 is 73.7 Å². The Balaban J connectivity index is 2.12. The van der Waals surface area contributed by atoms with Gasteiger partial charge in [0.15, 0.2) is 0 Å². The van der Waals surface area contributed by atoms with Crippen LogP contribution in [0.3, 0.4) is 0 Å². The first kappa shape index (κ1) is 5.78. The maximum absolute atomic E-state index is 13.7. The predicted molar refractivity (Wildman–Crippen MR) is 90.1 cm³/mol. The molecule has 122 valence electrons. The number of nitrogens with zero attached hydrogens (tertiary/aromatic N) is 3. The van der Waals surface area contributed by atoms with Crippen LogP contribution in [0.5, 0.6) is 0 Å². The summed E-state index contributed by atoms with van der Waals surface area (Å²) < 4.78 is 122. The number of nitriles is 1. The van der Waals surface area contributed by atoms with Gasteiger partial charge in [0.2, 0.25) is 5.91 Å². The molecule has 3 rings (SSSR count). The molecule has 0 saturated carbocycles. The lowest BCUT2D eigenvalue weighted by molar-refractivity contribution is -0.137. The molecule has 0 radical (unpaired) electrons. The summed E-state index contributed by atoms with van der Waals surface area (Å²) in [5, 5.41) is 8.30. The summed E-state index contributed by atoms with van der Waals surface area (Å²) in [7, 11) is 0. The number of piperidine rings is 1. The second-order valence-electron chi connectivity index (χ2n) is 4.88. The maximum Gasteiger partial charge on any atom is 0.225 e. The van der Waals surface area contributed by atoms with Gasteiger partial charge in [-0.2, -0.15) is 5.26 Å². The van der Waals surface area contributed by atoms with Gasteiger partial charge < -0.3 is 15.1 Å². The topological polar surface area (TPSA) is 59.4 Å². The van der Waals surface area contributed by atoms with Crippen LogP contribution in [0.4, 0.5) is 5.69 Å². The molecular formula is C18H24N4O. The molecule has 2 aliphatic rings. The first-order chi connectivity index (χ1) is 17.0. The van der Waals surface area contributed by atoms with E-state index in [0.29, 0.717) is 0 Å². The zero-order chi connectivity index (χ0) is 29.5. The summed E-state index contributed by atoms with van der Waals surface area (Å²) in [4.78, 5) is 14.2. The summed E-state index contributed by atoms with van der Waals surface area (Å²) in [6.45, 7) is -18.5. The number of carbonyl (C=O) groups excluding carboxylic acids is 1. The van der Waals surface area contributed by atoms with Gasteiger partial charge in [0.05, 0.1) is 17.1 Å². The van der Waals surface area contributed by atoms with Crippen molar-refractivity contribution < 1.29 is 25.4 Å². The number of benzene rings is 1. The second kappa shape index (κ2) is 7.01. The van der Waals surface area contributed by atoms with Crippen molar-refractivity contribution in [1.29, 1.82) is 5.26 Å². The summed E-state index contributed by atoms with van der Waals surface area (Å²) in [6.07, 6.45) is -3.70. The van der Waals surface area contributed by atoms with Crippen LogP contribution in [0.25, 0.3) is 0 Å². The fraction of sp³-hybridized carbons (Fsp3) is 0.556. The molecule has 2 saturated heterocycles. The molecule has 0 bridgehead atoms. The number of nitrogens with one attached hydrogen (secondary N) is 1. The summed E-state index contributed by atoms with van der Waals surface area (Å²) >= 11 is 0. The fourth-order valence-electron chi connectivity index (χ4n) is 2.19. The van der Waals surface area contributed by atoms with E-state index in [1.165, 1.54) is 24.3 Å². The molecule has 0 aliphatic carbocycles. The Labute approximate surface area is 159 Å². The molecule has 5 heteroatoms. The second-order valence-corrected chi connectivity index (χ2v) is 4.88. The van der Waals surface area contributed by atoms with Crippen molar-refractivity contribution in [2.75, 3.05) is 37.4 Å². The highest BCUT2D eigenvalue weighted by Gasteiger charge is 2.30. The lowest BCUT2D eigenvalue weighted by Gasteiger charge is -2.38. The molecule has 1 amide bonds. The standard InChI is InChI=1S/C18H24N4O/c1-14-13-22(11-8-20-14)18(23)16-6-9-21(10-7-16)17-4-2-15(12-19)3-5-17/h2-5,14,16,20H,6-11,13H2,1H3/t14-/m0/s1/i1D3,6D2,8D2,9D2,11D2,13D2,14D/hD/t14-,16?. The van der Waals surface area contributed by atoms with Gasteiger partial charge in [0.1, 0.15) is 1.41 Å². The van der Waals surface area contributed by atoms with Crippen LogP contribution in [0, 0.1) is 17.2 Å². The Kier molecular flexibility index (Phi) is 1.76. The molecule has 2 fully saturated rings. The van der Waals surface area contributed by atoms with E-state index >= 15 is 0 Å². The minimum Gasteiger partial charge on any atom is -0.371 e. The smallest absolute Gasteiger partial charge is 0.225 e. The van der Waals surface area contributed by atoms with E-state index in [0.717, 1.165) is 4.90 Å². The molecule has 2 aliphatic heterocycles. The number of amides is 1. The molecule has 1 aromatic carbocycles. The lowest BCUT2D eigenvalue weighted by Crippen LogP contribution is -2.53. The van der Waals surface area contributed by atoms with E-state index in [-0.39, 0.29) is 17.8 Å². The largest absolute Gasteiger partial charge is 0.371 e. The molecule has 1 N–H and O–H groups in total. The third-order valence-corrected chi connectivity index (χ3v) is 3.39. The number of carbonyl (C=O) groups is 1. The van der Waals surface area contributed by atoms with E-state index in [1.54, 1.807) is 0 Å². The van der Waals surface area contributed by atoms with Gasteiger partial charge in [0.25, 0.3) is 0 Å². The fourth-order valence-corrected chi connectivity index (χ4v) is 2.19. The Bertz CT molecular complexity index is 1150. The quantitative estimate of drug-likeness (QED) is 0.896. The first-order valence-electron chi connectivity index (χ1n) is 14.3. The van der Waals surface area contributed by atoms with Gasteiger partial charge in [-0.25, -0.2) is 0 Å². The van der Waals surface area contributed by atoms with E-state index in [4.69, 9.17) is 25.9 Å². The van der Waals surface area contributed by atoms with Gasteiger partial charge in [-0.3, -0.25) is 4.79 Å². The van der Waals surface area contributed by atoms with E-state index in [2.05, 4.69) is 0 Å². The number of anilines is 1. The van der Waals surface area contributed by atoms with Crippen molar-refractivity contribution in [2.24, 2.45) is 5.92 Å². The van der Waals surface area contributed by atoms with Crippen molar-refractivity contribution in [1.82, 2.24) is 10.2 Å². The normalized spacial score (nSPS) is 50.2. The van der Waals surface area contributed by atoms with Crippen LogP contribution in [-0.4, -0.2) is 49.4 Å². The maximum atomic E-state index is 13.7. The van der Waals surface area contributed by atoms with Crippen LogP contribution in [0.1, 0.15) is 44.4 Å². The van der Waals surface area contributed by atoms with Gasteiger partial charge in [-0.1, -0.05) is 0 Å². The highest BCUT2D eigenvalue weighted by molar-refractivity contribution is 5.79. The number of hydrogen-bond acceptors (Lipinski definition) is 4. The molecule has 1 unspecified atom stereocenters. The molecule has 2 heterocycles. The van der Waals surface area contributed by atoms with Crippen LogP contribution >= 0.6 is 0 Å². The van der Waals surface area contributed by atoms with Crippen molar-refractivity contribution in [3.05, 3.63) is 29.8 Å². The van der Waals surface area contributed by atoms with Crippen LogP contribution in [0.2, 0.25) is 1.41 Å². The van der Waals surface area contributed by atoms with Crippen molar-refractivity contribution in [3.8, 4) is 6.07 Å². The Morgan fingerprint density at radius 1 is 1.52 bits per heavy atom. The number of hydrogen-bond donors (Lipinski definition) is 1. The average Bonchev–Trinajstić information content (AvgIpc) is 2.77. The van der Waals surface area contributed by atoms with Crippen LogP contribution < -0.4 is 10.2 Å². The number of piperazine rings is 1. The predicted octanol–water partition coefficient (Wildman–Crippen LogP) is 1.59. The number of rotatable bonds is 2. The Hall–Kier alpha value is -2.06. The minimum atomic E-state index is -3.90. The third kappa shape index (κ3) is 3.65. The summed E-state index contributed by atoms with van der Waals surface area (Å²) in [6, 6.07) is 3.49. The van der Waals surface area contributed by atoms with Crippen LogP contribution in [0.15, 0.2) is 24.3 Å². The Morgan fingerprint density at radius 2 is 2.35 bits per heavy atom. The van der Waals surface area contributed by atoms with Crippen LogP contribution in [-0.2, 0) is 4.79 Å². The molecule has 0 aromatic heterocycles. The molecule has 5 nitrogen and oxygen atoms in total. The zero-order valence-corrected chi connectivity index (χ0v) is 12.0. The summed E-state index contributed by atoms with van der Waals surface area (Å²) in [5.74, 6) is -3.92. The van der Waals surface area contributed by atoms with Gasteiger partial charge in [0, 0.05) is 63.9 Å². The van der Waals surface area contributed by atoms with Crippen molar-refractivity contribution >= 4 is 11.6 Å². The highest BCUT2D eigenvalue weighted by Crippen LogP contribution is 2.25. The van der Waals surface area contributed by atoms with Gasteiger partial charge in [-0.05, 0) is 43.9 Å². The monoisotopic (exact) mass is 327 g/mol. The zero-order valence-electron chi connectivity index (χ0n) is 27.0. The van der Waals surface area contributed by atoms with Crippen molar-refractivity contribution in [2.45, 2.75) is 25.7 Å². The van der Waals surface area contributed by atoms with Gasteiger partial charge >= 0.3 is 0 Å². The SMILES string of the molecule is [2H]N1C([2H])([2H])C([2H])([2H])N(C(=O)C2CCN(c3ccc(C#N)cc3)C([2H])([2H])C2([2H])[2H])C([2H])([2H])[C@]1([2H])C([2H])([2H])[2H]. The van der Waals surface area contributed by atoms with E-state index in [9.17, 15) is 4.79 Å². The minimum absolute atomic E-state index is 0.154. The molecule has 1 aromatic rings. The third-order valence-electron chi connectivity index (χ3n) is 3.39. The highest BCUT2D eigenvalue weighted by atomic mass is 16.2. The summed E-state index contributed by atoms with van der Waals surface area (Å²) in [5.41, 5.74) is 0.406. The average molecular weight is 328 g/mol. The van der Waals surface area contributed by atoms with Crippen molar-refractivity contribution in [3.63, 3.8) is 0 Å². The Morgan fingerprint density at radius 3 is 3.09 bits per heavy atom. The van der Waals surface area contributed by atoms with Gasteiger partial charge in [-0.15, -0.1) is 0 Å². The molecular weight excluding hydrogens is 288 g/mol. The molecule has 23 heavy (non-hydrogen) atoms. The lowest BCUT2D eigenvalue weighted by atomic mass is 9.94. The molecule has 0 spiro atoms. The van der Waals surface area contributed by atoms with E-state index in [1.807, 2.05) is 6.07 Å².